The first-order valence-corrected chi connectivity index (χ1v) is 6.61. The van der Waals surface area contributed by atoms with Gasteiger partial charge in [-0.25, -0.2) is 0 Å². The molecule has 0 saturated heterocycles. The quantitative estimate of drug-likeness (QED) is 0.648. The van der Waals surface area contributed by atoms with Crippen LogP contribution in [0, 0.1) is 0 Å². The van der Waals surface area contributed by atoms with E-state index in [1.165, 1.54) is 0 Å². The Morgan fingerprint density at radius 1 is 1.45 bits per heavy atom. The van der Waals surface area contributed by atoms with Crippen molar-refractivity contribution in [3.63, 3.8) is 0 Å². The molecule has 1 N–H and O–H groups in total. The van der Waals surface area contributed by atoms with E-state index in [9.17, 15) is 22.8 Å². The zero-order chi connectivity index (χ0) is 15.3. The van der Waals surface area contributed by atoms with E-state index in [1.54, 1.807) is 6.92 Å². The van der Waals surface area contributed by atoms with Gasteiger partial charge in [-0.1, -0.05) is 15.9 Å². The largest absolute Gasteiger partial charge is 0.574 e. The number of H-pyrrole nitrogens is 1. The molecule has 112 valence electrons. The zero-order valence-corrected chi connectivity index (χ0v) is 11.9. The molecule has 1 aromatic rings. The van der Waals surface area contributed by atoms with E-state index in [2.05, 4.69) is 20.7 Å². The Kier molecular flexibility index (Phi) is 5.61. The Bertz CT molecular complexity index is 541. The van der Waals surface area contributed by atoms with Crippen LogP contribution in [0.5, 0.6) is 5.88 Å². The summed E-state index contributed by atoms with van der Waals surface area (Å²) in [6.45, 7) is 1.75. The second kappa shape index (κ2) is 6.78. The van der Waals surface area contributed by atoms with Crippen LogP contribution < -0.4 is 10.3 Å². The van der Waals surface area contributed by atoms with Crippen molar-refractivity contribution in [1.29, 1.82) is 0 Å². The van der Waals surface area contributed by atoms with Crippen molar-refractivity contribution in [2.24, 2.45) is 0 Å². The van der Waals surface area contributed by atoms with Crippen molar-refractivity contribution in [3.8, 4) is 5.88 Å². The van der Waals surface area contributed by atoms with Crippen LogP contribution in [0.1, 0.15) is 18.1 Å². The second-order valence-corrected chi connectivity index (χ2v) is 4.19. The lowest BCUT2D eigenvalue weighted by Gasteiger charge is -2.11. The topological polar surface area (TPSA) is 68.4 Å². The van der Waals surface area contributed by atoms with E-state index < -0.39 is 23.8 Å². The summed E-state index contributed by atoms with van der Waals surface area (Å²) in [5, 5.41) is 0.0971. The van der Waals surface area contributed by atoms with Crippen LogP contribution in [0.3, 0.4) is 0 Å². The van der Waals surface area contributed by atoms with Crippen molar-refractivity contribution in [1.82, 2.24) is 4.98 Å². The Labute approximate surface area is 120 Å². The minimum Gasteiger partial charge on any atom is -0.466 e. The molecule has 0 unspecified atom stereocenters. The van der Waals surface area contributed by atoms with Crippen LogP contribution in [0.2, 0.25) is 0 Å². The van der Waals surface area contributed by atoms with Gasteiger partial charge in [0.1, 0.15) is 0 Å². The number of pyridine rings is 1. The van der Waals surface area contributed by atoms with E-state index in [0.717, 1.165) is 6.07 Å². The van der Waals surface area contributed by atoms with E-state index >= 15 is 0 Å². The molecule has 0 amide bonds. The minimum absolute atomic E-state index is 0.0369. The number of carbonyl (C=O) groups is 1. The van der Waals surface area contributed by atoms with Crippen molar-refractivity contribution in [2.75, 3.05) is 6.61 Å². The first-order valence-electron chi connectivity index (χ1n) is 5.49. The molecule has 0 aliphatic carbocycles. The fourth-order valence-electron chi connectivity index (χ4n) is 1.46. The van der Waals surface area contributed by atoms with Gasteiger partial charge in [0.15, 0.2) is 0 Å². The molecule has 0 radical (unpaired) electrons. The third-order valence-electron chi connectivity index (χ3n) is 2.20. The van der Waals surface area contributed by atoms with Gasteiger partial charge in [0, 0.05) is 17.0 Å². The van der Waals surface area contributed by atoms with Crippen LogP contribution in [0.4, 0.5) is 13.2 Å². The van der Waals surface area contributed by atoms with Crippen molar-refractivity contribution in [2.45, 2.75) is 25.0 Å². The highest BCUT2D eigenvalue weighted by molar-refractivity contribution is 9.08. The molecule has 1 heterocycles. The van der Waals surface area contributed by atoms with Crippen LogP contribution in [-0.4, -0.2) is 23.9 Å². The molecular formula is C11H11BrF3NO4. The molecule has 1 rings (SSSR count). The Balaban J connectivity index is 3.08. The molecule has 5 nitrogen and oxygen atoms in total. The standard InChI is InChI=1S/C11H11BrF3NO4/c1-2-19-9(17)4-7-6(5-12)3-8(16-10(7)18)20-11(13,14)15/h3H,2,4-5H2,1H3,(H,16,18). The summed E-state index contributed by atoms with van der Waals surface area (Å²) in [6.07, 6.45) is -5.23. The molecular weight excluding hydrogens is 347 g/mol. The monoisotopic (exact) mass is 357 g/mol. The summed E-state index contributed by atoms with van der Waals surface area (Å²) in [4.78, 5) is 25.0. The molecule has 0 spiro atoms. The average Bonchev–Trinajstić information content (AvgIpc) is 2.30. The lowest BCUT2D eigenvalue weighted by Crippen LogP contribution is -2.24. The summed E-state index contributed by atoms with van der Waals surface area (Å²) in [7, 11) is 0. The Morgan fingerprint density at radius 2 is 2.10 bits per heavy atom. The number of halogens is 4. The molecule has 0 saturated carbocycles. The van der Waals surface area contributed by atoms with E-state index in [-0.39, 0.29) is 29.5 Å². The summed E-state index contributed by atoms with van der Waals surface area (Å²) < 4.78 is 44.6. The highest BCUT2D eigenvalue weighted by atomic mass is 79.9. The van der Waals surface area contributed by atoms with E-state index in [0.29, 0.717) is 0 Å². The van der Waals surface area contributed by atoms with Gasteiger partial charge >= 0.3 is 12.3 Å². The number of rotatable bonds is 5. The number of ether oxygens (including phenoxy) is 2. The summed E-state index contributed by atoms with van der Waals surface area (Å²) >= 11 is 3.04. The maximum atomic E-state index is 12.1. The number of esters is 1. The predicted molar refractivity (Wildman–Crippen MR) is 66.7 cm³/mol. The third kappa shape index (κ3) is 4.87. The van der Waals surface area contributed by atoms with Gasteiger partial charge in [0.05, 0.1) is 13.0 Å². The molecule has 0 atom stereocenters. The minimum atomic E-state index is -4.91. The Hall–Kier alpha value is -1.51. The number of nitrogens with one attached hydrogen (secondary N) is 1. The smallest absolute Gasteiger partial charge is 0.466 e. The molecule has 0 aromatic carbocycles. The van der Waals surface area contributed by atoms with Gasteiger partial charge in [0.25, 0.3) is 5.56 Å². The maximum absolute atomic E-state index is 12.1. The predicted octanol–water partition coefficient (Wildman–Crippen LogP) is 2.27. The number of hydrogen-bond donors (Lipinski definition) is 1. The molecule has 0 aliphatic rings. The van der Waals surface area contributed by atoms with Crippen LogP contribution in [0.15, 0.2) is 10.9 Å². The van der Waals surface area contributed by atoms with Crippen LogP contribution >= 0.6 is 15.9 Å². The molecule has 20 heavy (non-hydrogen) atoms. The molecule has 0 bridgehead atoms. The zero-order valence-electron chi connectivity index (χ0n) is 10.3. The normalized spacial score (nSPS) is 11.2. The van der Waals surface area contributed by atoms with Gasteiger partial charge in [-0.05, 0) is 12.5 Å². The van der Waals surface area contributed by atoms with Gasteiger partial charge in [-0.3, -0.25) is 14.6 Å². The van der Waals surface area contributed by atoms with Crippen molar-refractivity contribution in [3.05, 3.63) is 27.5 Å². The number of hydrogen-bond acceptors (Lipinski definition) is 4. The van der Waals surface area contributed by atoms with Crippen molar-refractivity contribution < 1.29 is 27.4 Å². The number of carbonyl (C=O) groups excluding carboxylic acids is 1. The lowest BCUT2D eigenvalue weighted by atomic mass is 10.1. The van der Waals surface area contributed by atoms with Gasteiger partial charge in [0.2, 0.25) is 5.88 Å². The number of aromatic nitrogens is 1. The van der Waals surface area contributed by atoms with Crippen molar-refractivity contribution >= 4 is 21.9 Å². The number of alkyl halides is 4. The van der Waals surface area contributed by atoms with Gasteiger partial charge in [-0.2, -0.15) is 0 Å². The number of aromatic amines is 1. The maximum Gasteiger partial charge on any atom is 0.574 e. The highest BCUT2D eigenvalue weighted by Gasteiger charge is 2.32. The summed E-state index contributed by atoms with van der Waals surface area (Å²) in [6, 6.07) is 1.01. The molecule has 0 fully saturated rings. The summed E-state index contributed by atoms with van der Waals surface area (Å²) in [5.74, 6) is -1.37. The highest BCUT2D eigenvalue weighted by Crippen LogP contribution is 2.22. The first-order chi connectivity index (χ1) is 9.26. The van der Waals surface area contributed by atoms with E-state index in [1.807, 2.05) is 4.98 Å². The first kappa shape index (κ1) is 16.5. The third-order valence-corrected chi connectivity index (χ3v) is 2.80. The average molecular weight is 358 g/mol. The molecule has 1 aromatic heterocycles. The second-order valence-electron chi connectivity index (χ2n) is 3.63. The fraction of sp³-hybridized carbons (Fsp3) is 0.455. The SMILES string of the molecule is CCOC(=O)Cc1c(CBr)cc(OC(F)(F)F)[nH]c1=O. The molecule has 9 heteroatoms. The molecule has 0 aliphatic heterocycles. The van der Waals surface area contributed by atoms with Gasteiger partial charge < -0.3 is 9.47 Å². The summed E-state index contributed by atoms with van der Waals surface area (Å²) in [5.41, 5.74) is -0.565. The van der Waals surface area contributed by atoms with E-state index in [4.69, 9.17) is 4.74 Å². The Morgan fingerprint density at radius 3 is 2.60 bits per heavy atom. The van der Waals surface area contributed by atoms with Gasteiger partial charge in [-0.15, -0.1) is 13.2 Å². The van der Waals surface area contributed by atoms with Crippen LogP contribution in [0.25, 0.3) is 0 Å². The van der Waals surface area contributed by atoms with Crippen LogP contribution in [-0.2, 0) is 21.3 Å². The fourth-order valence-corrected chi connectivity index (χ4v) is 1.96. The lowest BCUT2D eigenvalue weighted by molar-refractivity contribution is -0.276.